The van der Waals surface area contributed by atoms with E-state index in [2.05, 4.69) is 10.6 Å². The van der Waals surface area contributed by atoms with Gasteiger partial charge in [0.2, 0.25) is 0 Å². The number of carbonyl (C=O) groups is 1. The van der Waals surface area contributed by atoms with Gasteiger partial charge >= 0.3 is 6.03 Å². The summed E-state index contributed by atoms with van der Waals surface area (Å²) in [6.07, 6.45) is 6.42. The lowest BCUT2D eigenvalue weighted by molar-refractivity contribution is -0.172. The van der Waals surface area contributed by atoms with Gasteiger partial charge in [-0.05, 0) is 37.7 Å². The molecular weight excluding hydrogens is 316 g/mol. The Morgan fingerprint density at radius 1 is 1.32 bits per heavy atom. The number of hydrogen-bond donors (Lipinski definition) is 3. The van der Waals surface area contributed by atoms with Crippen LogP contribution in [0, 0.1) is 11.3 Å². The standard InChI is InChI=1S/C20H28N2O3/c23-12-4-8-16(14-6-2-1-3-7-14)21-19(24)22-17-15-9-13-25-18(15)20(17)10-5-11-20/h1-3,6-7,15-18,23H,4-5,8-13H2,(H2,21,22,24). The summed E-state index contributed by atoms with van der Waals surface area (Å²) in [5.74, 6) is 0.485. The van der Waals surface area contributed by atoms with Crippen LogP contribution >= 0.6 is 0 Å². The van der Waals surface area contributed by atoms with Gasteiger partial charge in [0.15, 0.2) is 0 Å². The Hall–Kier alpha value is -1.59. The minimum Gasteiger partial charge on any atom is -0.396 e. The summed E-state index contributed by atoms with van der Waals surface area (Å²) in [7, 11) is 0. The summed E-state index contributed by atoms with van der Waals surface area (Å²) in [4.78, 5) is 12.7. The van der Waals surface area contributed by atoms with Gasteiger partial charge in [0.05, 0.1) is 12.1 Å². The number of rotatable bonds is 6. The van der Waals surface area contributed by atoms with Gasteiger partial charge in [0.1, 0.15) is 0 Å². The maximum Gasteiger partial charge on any atom is 0.315 e. The molecule has 3 fully saturated rings. The predicted octanol–water partition coefficient (Wildman–Crippen LogP) is 2.76. The van der Waals surface area contributed by atoms with Crippen LogP contribution in [0.4, 0.5) is 4.79 Å². The van der Waals surface area contributed by atoms with Crippen LogP contribution in [0.5, 0.6) is 0 Å². The molecule has 1 aromatic carbocycles. The van der Waals surface area contributed by atoms with Gasteiger partial charge in [-0.25, -0.2) is 4.79 Å². The zero-order valence-electron chi connectivity index (χ0n) is 14.6. The summed E-state index contributed by atoms with van der Waals surface area (Å²) in [5, 5.41) is 15.6. The van der Waals surface area contributed by atoms with E-state index in [0.717, 1.165) is 25.0 Å². The molecule has 4 atom stereocenters. The van der Waals surface area contributed by atoms with E-state index < -0.39 is 0 Å². The number of urea groups is 1. The summed E-state index contributed by atoms with van der Waals surface area (Å²) in [5.41, 5.74) is 1.28. The Morgan fingerprint density at radius 3 is 2.80 bits per heavy atom. The summed E-state index contributed by atoms with van der Waals surface area (Å²) < 4.78 is 5.93. The van der Waals surface area contributed by atoms with Crippen LogP contribution in [0.25, 0.3) is 0 Å². The maximum absolute atomic E-state index is 12.7. The van der Waals surface area contributed by atoms with Crippen molar-refractivity contribution < 1.29 is 14.6 Å². The first kappa shape index (κ1) is 16.9. The van der Waals surface area contributed by atoms with Gasteiger partial charge in [-0.3, -0.25) is 0 Å². The second kappa shape index (κ2) is 6.96. The van der Waals surface area contributed by atoms with Crippen LogP contribution in [0.1, 0.15) is 50.1 Å². The molecule has 4 unspecified atom stereocenters. The highest BCUT2D eigenvalue weighted by Gasteiger charge is 2.67. The van der Waals surface area contributed by atoms with Crippen molar-refractivity contribution in [1.82, 2.24) is 10.6 Å². The topological polar surface area (TPSA) is 70.6 Å². The highest BCUT2D eigenvalue weighted by atomic mass is 16.5. The summed E-state index contributed by atoms with van der Waals surface area (Å²) in [6, 6.07) is 10.1. The van der Waals surface area contributed by atoms with E-state index in [1.54, 1.807) is 0 Å². The van der Waals surface area contributed by atoms with Crippen LogP contribution in [-0.2, 0) is 4.74 Å². The molecule has 1 aromatic rings. The second-order valence-corrected chi connectivity index (χ2v) is 7.76. The van der Waals surface area contributed by atoms with Gasteiger partial charge in [-0.15, -0.1) is 0 Å². The molecule has 1 saturated heterocycles. The highest BCUT2D eigenvalue weighted by molar-refractivity contribution is 5.75. The first-order valence-electron chi connectivity index (χ1n) is 9.59. The normalized spacial score (nSPS) is 30.0. The smallest absolute Gasteiger partial charge is 0.315 e. The monoisotopic (exact) mass is 344 g/mol. The van der Waals surface area contributed by atoms with Crippen LogP contribution in [0.2, 0.25) is 0 Å². The Labute approximate surface area is 149 Å². The van der Waals surface area contributed by atoms with Gasteiger partial charge in [-0.1, -0.05) is 36.8 Å². The average Bonchev–Trinajstić information content (AvgIpc) is 3.01. The third kappa shape index (κ3) is 2.93. The Bertz CT molecular complexity index is 602. The van der Waals surface area contributed by atoms with E-state index in [1.165, 1.54) is 19.3 Å². The molecule has 5 nitrogen and oxygen atoms in total. The first-order chi connectivity index (χ1) is 12.2. The fourth-order valence-electron chi connectivity index (χ4n) is 5.10. The van der Waals surface area contributed by atoms with Gasteiger partial charge in [0.25, 0.3) is 0 Å². The van der Waals surface area contributed by atoms with Crippen molar-refractivity contribution in [2.75, 3.05) is 13.2 Å². The number of carbonyl (C=O) groups excluding carboxylic acids is 1. The molecule has 2 amide bonds. The quantitative estimate of drug-likeness (QED) is 0.743. The minimum absolute atomic E-state index is 0.0682. The number of fused-ring (bicyclic) bond motifs is 2. The number of aliphatic hydroxyl groups excluding tert-OH is 1. The number of aliphatic hydroxyl groups is 1. The molecule has 3 N–H and O–H groups in total. The van der Waals surface area contributed by atoms with Crippen LogP contribution < -0.4 is 10.6 Å². The molecule has 3 aliphatic rings. The fourth-order valence-corrected chi connectivity index (χ4v) is 5.10. The third-order valence-corrected chi connectivity index (χ3v) is 6.48. The molecule has 1 aliphatic heterocycles. The summed E-state index contributed by atoms with van der Waals surface area (Å²) >= 11 is 0. The van der Waals surface area contributed by atoms with E-state index in [9.17, 15) is 4.79 Å². The molecule has 0 bridgehead atoms. The zero-order valence-corrected chi connectivity index (χ0v) is 14.6. The minimum atomic E-state index is -0.0894. The molecule has 0 radical (unpaired) electrons. The number of nitrogens with one attached hydrogen (secondary N) is 2. The average molecular weight is 344 g/mol. The molecule has 136 valence electrons. The highest BCUT2D eigenvalue weighted by Crippen LogP contribution is 2.62. The maximum atomic E-state index is 12.7. The Morgan fingerprint density at radius 2 is 2.12 bits per heavy atom. The Balaban J connectivity index is 1.40. The number of benzene rings is 1. The zero-order chi connectivity index (χ0) is 17.3. The van der Waals surface area contributed by atoms with Crippen molar-refractivity contribution in [1.29, 1.82) is 0 Å². The van der Waals surface area contributed by atoms with E-state index in [4.69, 9.17) is 9.84 Å². The first-order valence-corrected chi connectivity index (χ1v) is 9.59. The molecule has 4 rings (SSSR count). The number of hydrogen-bond acceptors (Lipinski definition) is 3. The lowest BCUT2D eigenvalue weighted by atomic mass is 9.46. The van der Waals surface area contributed by atoms with Crippen LogP contribution in [0.15, 0.2) is 30.3 Å². The largest absolute Gasteiger partial charge is 0.396 e. The number of amides is 2. The second-order valence-electron chi connectivity index (χ2n) is 7.76. The van der Waals surface area contributed by atoms with Crippen molar-refractivity contribution in [2.24, 2.45) is 11.3 Å². The summed E-state index contributed by atoms with van der Waals surface area (Å²) in [6.45, 7) is 0.972. The molecule has 2 saturated carbocycles. The van der Waals surface area contributed by atoms with E-state index in [-0.39, 0.29) is 30.1 Å². The van der Waals surface area contributed by atoms with E-state index in [0.29, 0.717) is 18.4 Å². The predicted molar refractivity (Wildman–Crippen MR) is 95.1 cm³/mol. The molecule has 0 aromatic heterocycles. The third-order valence-electron chi connectivity index (χ3n) is 6.48. The fraction of sp³-hybridized carbons (Fsp3) is 0.650. The molecule has 25 heavy (non-hydrogen) atoms. The molecule has 2 aliphatic carbocycles. The van der Waals surface area contributed by atoms with Gasteiger partial charge in [-0.2, -0.15) is 0 Å². The van der Waals surface area contributed by atoms with Crippen molar-refractivity contribution in [2.45, 2.75) is 56.7 Å². The lowest BCUT2D eigenvalue weighted by Gasteiger charge is -2.63. The molecular formula is C20H28N2O3. The van der Waals surface area contributed by atoms with E-state index in [1.807, 2.05) is 30.3 Å². The van der Waals surface area contributed by atoms with Crippen molar-refractivity contribution in [3.8, 4) is 0 Å². The molecule has 5 heteroatoms. The Kier molecular flexibility index (Phi) is 4.69. The molecule has 1 heterocycles. The van der Waals surface area contributed by atoms with Gasteiger partial charge in [0, 0.05) is 30.6 Å². The van der Waals surface area contributed by atoms with Crippen molar-refractivity contribution in [3.05, 3.63) is 35.9 Å². The lowest BCUT2D eigenvalue weighted by Crippen LogP contribution is -2.72. The SMILES string of the molecule is O=C(NC(CCCO)c1ccccc1)NC1C2CCOC2C12CCC2. The molecule has 1 spiro atoms. The van der Waals surface area contributed by atoms with Gasteiger partial charge < -0.3 is 20.5 Å². The van der Waals surface area contributed by atoms with E-state index >= 15 is 0 Å². The van der Waals surface area contributed by atoms with Crippen LogP contribution in [-0.4, -0.2) is 36.5 Å². The van der Waals surface area contributed by atoms with Crippen molar-refractivity contribution >= 4 is 6.03 Å². The van der Waals surface area contributed by atoms with Crippen molar-refractivity contribution in [3.63, 3.8) is 0 Å². The van der Waals surface area contributed by atoms with Crippen LogP contribution in [0.3, 0.4) is 0 Å². The number of ether oxygens (including phenoxy) is 1.